The van der Waals surface area contributed by atoms with Gasteiger partial charge in [-0.25, -0.2) is 4.98 Å². The number of anilines is 1. The Morgan fingerprint density at radius 3 is 2.71 bits per heavy atom. The van der Waals surface area contributed by atoms with Crippen LogP contribution in [0.2, 0.25) is 0 Å². The van der Waals surface area contributed by atoms with Crippen LogP contribution >= 0.6 is 0 Å². The molecule has 0 aliphatic carbocycles. The van der Waals surface area contributed by atoms with Crippen molar-refractivity contribution in [2.24, 2.45) is 5.73 Å². The molecule has 1 aliphatic rings. The van der Waals surface area contributed by atoms with Crippen LogP contribution < -0.4 is 16.2 Å². The van der Waals surface area contributed by atoms with Crippen molar-refractivity contribution in [3.8, 4) is 0 Å². The van der Waals surface area contributed by atoms with Crippen molar-refractivity contribution in [1.29, 1.82) is 0 Å². The normalized spacial score (nSPS) is 20.9. The monoisotopic (exact) mass is 236 g/mol. The Morgan fingerprint density at radius 2 is 2.18 bits per heavy atom. The van der Waals surface area contributed by atoms with E-state index in [0.29, 0.717) is 5.82 Å². The number of nitrogens with two attached hydrogens (primary N) is 1. The summed E-state index contributed by atoms with van der Waals surface area (Å²) in [7, 11) is 0. The third-order valence-electron chi connectivity index (χ3n) is 3.07. The average Bonchev–Trinajstić information content (AvgIpc) is 2.63. The van der Waals surface area contributed by atoms with Gasteiger partial charge in [0.05, 0.1) is 0 Å². The summed E-state index contributed by atoms with van der Waals surface area (Å²) in [6.45, 7) is 7.56. The second-order valence-corrected chi connectivity index (χ2v) is 5.59. The first-order valence-corrected chi connectivity index (χ1v) is 5.98. The van der Waals surface area contributed by atoms with E-state index in [1.165, 1.54) is 0 Å². The summed E-state index contributed by atoms with van der Waals surface area (Å²) in [6, 6.07) is 0.152. The maximum atomic E-state index is 12.3. The molecule has 1 aromatic heterocycles. The van der Waals surface area contributed by atoms with E-state index >= 15 is 0 Å². The highest BCUT2D eigenvalue weighted by Gasteiger charge is 2.24. The van der Waals surface area contributed by atoms with E-state index < -0.39 is 0 Å². The Kier molecular flexibility index (Phi) is 2.95. The summed E-state index contributed by atoms with van der Waals surface area (Å²) in [5.74, 6) is 0.523. The van der Waals surface area contributed by atoms with Crippen LogP contribution in [0, 0.1) is 0 Å². The van der Waals surface area contributed by atoms with Crippen LogP contribution in [-0.2, 0) is 5.54 Å². The molecule has 5 heteroatoms. The number of hydrogen-bond donors (Lipinski definition) is 1. The minimum Gasteiger partial charge on any atom is -0.350 e. The highest BCUT2D eigenvalue weighted by atomic mass is 16.1. The molecule has 2 N–H and O–H groups in total. The molecule has 0 amide bonds. The first-order valence-electron chi connectivity index (χ1n) is 5.98. The van der Waals surface area contributed by atoms with Crippen molar-refractivity contribution in [1.82, 2.24) is 9.55 Å². The molecule has 0 bridgehead atoms. The zero-order valence-corrected chi connectivity index (χ0v) is 10.7. The van der Waals surface area contributed by atoms with E-state index in [1.807, 2.05) is 25.7 Å². The summed E-state index contributed by atoms with van der Waals surface area (Å²) in [4.78, 5) is 18.5. The van der Waals surface area contributed by atoms with Gasteiger partial charge in [0.15, 0.2) is 5.82 Å². The van der Waals surface area contributed by atoms with Gasteiger partial charge in [0.2, 0.25) is 0 Å². The number of rotatable bonds is 1. The van der Waals surface area contributed by atoms with E-state index in [4.69, 9.17) is 5.73 Å². The van der Waals surface area contributed by atoms with Gasteiger partial charge in [0.25, 0.3) is 5.56 Å². The lowest BCUT2D eigenvalue weighted by Gasteiger charge is -2.24. The van der Waals surface area contributed by atoms with E-state index in [-0.39, 0.29) is 17.1 Å². The van der Waals surface area contributed by atoms with Gasteiger partial charge in [-0.2, -0.15) is 0 Å². The molecule has 1 aromatic rings. The second-order valence-electron chi connectivity index (χ2n) is 5.59. The number of aromatic nitrogens is 2. The Bertz CT molecular complexity index is 460. The Balaban J connectivity index is 2.40. The SMILES string of the molecule is CC(C)(C)n1ccnc(N2CCC(N)C2)c1=O. The van der Waals surface area contributed by atoms with Crippen LogP contribution in [-0.4, -0.2) is 28.7 Å². The van der Waals surface area contributed by atoms with Crippen LogP contribution in [0.4, 0.5) is 5.82 Å². The fourth-order valence-electron chi connectivity index (χ4n) is 2.13. The van der Waals surface area contributed by atoms with Crippen molar-refractivity contribution in [2.45, 2.75) is 38.8 Å². The lowest BCUT2D eigenvalue weighted by atomic mass is 10.1. The molecule has 17 heavy (non-hydrogen) atoms. The largest absolute Gasteiger partial charge is 0.350 e. The third-order valence-corrected chi connectivity index (χ3v) is 3.07. The van der Waals surface area contributed by atoms with Gasteiger partial charge in [0, 0.05) is 37.1 Å². The molecule has 1 atom stereocenters. The van der Waals surface area contributed by atoms with Crippen LogP contribution in [0.25, 0.3) is 0 Å². The lowest BCUT2D eigenvalue weighted by Crippen LogP contribution is -2.38. The molecular formula is C12H20N4O. The molecule has 1 saturated heterocycles. The average molecular weight is 236 g/mol. The van der Waals surface area contributed by atoms with E-state index in [0.717, 1.165) is 19.5 Å². The van der Waals surface area contributed by atoms with Crippen molar-refractivity contribution in [3.63, 3.8) is 0 Å². The van der Waals surface area contributed by atoms with E-state index in [1.54, 1.807) is 17.0 Å². The van der Waals surface area contributed by atoms with Gasteiger partial charge < -0.3 is 15.2 Å². The van der Waals surface area contributed by atoms with Gasteiger partial charge in [-0.05, 0) is 27.2 Å². The second kappa shape index (κ2) is 4.14. The van der Waals surface area contributed by atoms with Gasteiger partial charge in [-0.1, -0.05) is 0 Å². The molecule has 0 saturated carbocycles. The minimum atomic E-state index is -0.226. The Labute approximate surface area is 101 Å². The topological polar surface area (TPSA) is 64.2 Å². The quantitative estimate of drug-likeness (QED) is 0.773. The van der Waals surface area contributed by atoms with Gasteiger partial charge >= 0.3 is 0 Å². The molecule has 2 rings (SSSR count). The molecule has 0 radical (unpaired) electrons. The maximum absolute atomic E-state index is 12.3. The van der Waals surface area contributed by atoms with Crippen molar-refractivity contribution < 1.29 is 0 Å². The van der Waals surface area contributed by atoms with Gasteiger partial charge in [-0.15, -0.1) is 0 Å². The molecule has 0 spiro atoms. The molecule has 1 fully saturated rings. The fraction of sp³-hybridized carbons (Fsp3) is 0.667. The van der Waals surface area contributed by atoms with Gasteiger partial charge in [0.1, 0.15) is 0 Å². The Hall–Kier alpha value is -1.36. The zero-order chi connectivity index (χ0) is 12.6. The molecular weight excluding hydrogens is 216 g/mol. The zero-order valence-electron chi connectivity index (χ0n) is 10.7. The molecule has 1 unspecified atom stereocenters. The van der Waals surface area contributed by atoms with Crippen molar-refractivity contribution >= 4 is 5.82 Å². The summed E-state index contributed by atoms with van der Waals surface area (Å²) < 4.78 is 1.72. The molecule has 1 aliphatic heterocycles. The molecule has 5 nitrogen and oxygen atoms in total. The van der Waals surface area contributed by atoms with Crippen LogP contribution in [0.3, 0.4) is 0 Å². The predicted octanol–water partition coefficient (Wildman–Crippen LogP) is 0.536. The third kappa shape index (κ3) is 2.34. The van der Waals surface area contributed by atoms with Crippen LogP contribution in [0.15, 0.2) is 17.2 Å². The van der Waals surface area contributed by atoms with Crippen molar-refractivity contribution in [3.05, 3.63) is 22.7 Å². The minimum absolute atomic E-state index is 0.0332. The molecule has 2 heterocycles. The summed E-state index contributed by atoms with van der Waals surface area (Å²) in [5.41, 5.74) is 5.60. The van der Waals surface area contributed by atoms with Crippen LogP contribution in [0.5, 0.6) is 0 Å². The number of nitrogens with zero attached hydrogens (tertiary/aromatic N) is 3. The molecule has 94 valence electrons. The first-order chi connectivity index (χ1) is 7.89. The van der Waals surface area contributed by atoms with Gasteiger partial charge in [-0.3, -0.25) is 4.79 Å². The van der Waals surface area contributed by atoms with E-state index in [2.05, 4.69) is 4.98 Å². The summed E-state index contributed by atoms with van der Waals surface area (Å²) >= 11 is 0. The first kappa shape index (κ1) is 12.1. The summed E-state index contributed by atoms with van der Waals surface area (Å²) in [5, 5.41) is 0. The van der Waals surface area contributed by atoms with Crippen molar-refractivity contribution in [2.75, 3.05) is 18.0 Å². The van der Waals surface area contributed by atoms with E-state index in [9.17, 15) is 4.79 Å². The maximum Gasteiger partial charge on any atom is 0.293 e. The Morgan fingerprint density at radius 1 is 1.47 bits per heavy atom. The standard InChI is InChI=1S/C12H20N4O/c1-12(2,3)16-7-5-14-10(11(16)17)15-6-4-9(13)8-15/h5,7,9H,4,6,8,13H2,1-3H3. The summed E-state index contributed by atoms with van der Waals surface area (Å²) in [6.07, 6.45) is 4.35. The number of hydrogen-bond acceptors (Lipinski definition) is 4. The lowest BCUT2D eigenvalue weighted by molar-refractivity contribution is 0.382. The fourth-order valence-corrected chi connectivity index (χ4v) is 2.13. The highest BCUT2D eigenvalue weighted by Crippen LogP contribution is 2.15. The predicted molar refractivity (Wildman–Crippen MR) is 68.3 cm³/mol. The molecule has 0 aromatic carbocycles. The highest BCUT2D eigenvalue weighted by molar-refractivity contribution is 5.37. The smallest absolute Gasteiger partial charge is 0.293 e. The van der Waals surface area contributed by atoms with Crippen LogP contribution in [0.1, 0.15) is 27.2 Å².